The molecular weight excluding hydrogens is 254 g/mol. The van der Waals surface area contributed by atoms with Gasteiger partial charge in [-0.2, -0.15) is 0 Å². The molecule has 4 heteroatoms. The van der Waals surface area contributed by atoms with Gasteiger partial charge in [0.15, 0.2) is 0 Å². The van der Waals surface area contributed by atoms with Crippen LogP contribution < -0.4 is 5.73 Å². The second-order valence-electron chi connectivity index (χ2n) is 4.56. The summed E-state index contributed by atoms with van der Waals surface area (Å²) < 4.78 is 2.29. The Labute approximate surface area is 116 Å². The summed E-state index contributed by atoms with van der Waals surface area (Å²) in [6.07, 6.45) is 0.901. The lowest BCUT2D eigenvalue weighted by atomic mass is 10.2. The van der Waals surface area contributed by atoms with Crippen molar-refractivity contribution in [3.63, 3.8) is 0 Å². The molecule has 0 amide bonds. The number of aryl methyl sites for hydroxylation is 1. The summed E-state index contributed by atoms with van der Waals surface area (Å²) >= 11 is 1.78. The lowest BCUT2D eigenvalue weighted by Crippen LogP contribution is -2.01. The van der Waals surface area contributed by atoms with Crippen LogP contribution in [-0.2, 0) is 19.5 Å². The first-order valence-corrected chi connectivity index (χ1v) is 7.40. The number of aromatic nitrogens is 2. The van der Waals surface area contributed by atoms with E-state index < -0.39 is 0 Å². The summed E-state index contributed by atoms with van der Waals surface area (Å²) in [6.45, 7) is 3.67. The van der Waals surface area contributed by atoms with Gasteiger partial charge in [0.1, 0.15) is 5.82 Å². The van der Waals surface area contributed by atoms with Crippen molar-refractivity contribution in [1.82, 2.24) is 9.55 Å². The first-order chi connectivity index (χ1) is 9.31. The summed E-state index contributed by atoms with van der Waals surface area (Å²) in [4.78, 5) is 6.13. The molecule has 0 bridgehead atoms. The van der Waals surface area contributed by atoms with E-state index in [1.807, 2.05) is 0 Å². The number of nitrogens with two attached hydrogens (primary N) is 1. The van der Waals surface area contributed by atoms with E-state index in [-0.39, 0.29) is 0 Å². The summed E-state index contributed by atoms with van der Waals surface area (Å²) in [6, 6.07) is 10.6. The first-order valence-electron chi connectivity index (χ1n) is 6.52. The van der Waals surface area contributed by atoms with Gasteiger partial charge in [0, 0.05) is 24.4 Å². The lowest BCUT2D eigenvalue weighted by Gasteiger charge is -2.05. The van der Waals surface area contributed by atoms with Gasteiger partial charge in [0.25, 0.3) is 0 Å². The molecule has 0 unspecified atom stereocenters. The molecule has 19 heavy (non-hydrogen) atoms. The molecule has 3 rings (SSSR count). The Bertz CT molecular complexity index is 683. The molecule has 98 valence electrons. The summed E-state index contributed by atoms with van der Waals surface area (Å²) in [5.74, 6) is 1.13. The van der Waals surface area contributed by atoms with Crippen LogP contribution in [0.5, 0.6) is 0 Å². The predicted octanol–water partition coefficient (Wildman–Crippen LogP) is 3.17. The third-order valence-corrected chi connectivity index (χ3v) is 4.23. The molecule has 2 heterocycles. The van der Waals surface area contributed by atoms with Gasteiger partial charge in [-0.3, -0.25) is 0 Å². The molecule has 0 fully saturated rings. The summed E-state index contributed by atoms with van der Waals surface area (Å²) in [5.41, 5.74) is 9.08. The molecule has 0 aliphatic rings. The Balaban J connectivity index is 2.08. The standard InChI is InChI=1S/C15H17N3S/c1-2-18-14-6-5-11(10-16)8-13(14)17-15(18)9-12-4-3-7-19-12/h3-8H,2,9-10,16H2,1H3. The minimum Gasteiger partial charge on any atom is -0.328 e. The van der Waals surface area contributed by atoms with Gasteiger partial charge in [0.2, 0.25) is 0 Å². The maximum Gasteiger partial charge on any atom is 0.115 e. The number of rotatable bonds is 4. The van der Waals surface area contributed by atoms with E-state index in [1.165, 1.54) is 10.4 Å². The number of hydrogen-bond acceptors (Lipinski definition) is 3. The molecule has 0 aliphatic heterocycles. The fraction of sp³-hybridized carbons (Fsp3) is 0.267. The van der Waals surface area contributed by atoms with Crippen molar-refractivity contribution in [3.05, 3.63) is 52.0 Å². The highest BCUT2D eigenvalue weighted by Crippen LogP contribution is 2.21. The van der Waals surface area contributed by atoms with Gasteiger partial charge in [-0.05, 0) is 36.1 Å². The van der Waals surface area contributed by atoms with Crippen molar-refractivity contribution >= 4 is 22.4 Å². The molecule has 2 N–H and O–H groups in total. The summed E-state index contributed by atoms with van der Waals surface area (Å²) in [5, 5.41) is 2.11. The fourth-order valence-electron chi connectivity index (χ4n) is 2.41. The number of nitrogens with zero attached hydrogens (tertiary/aromatic N) is 2. The van der Waals surface area contributed by atoms with Crippen LogP contribution in [-0.4, -0.2) is 9.55 Å². The van der Waals surface area contributed by atoms with Gasteiger partial charge in [-0.15, -0.1) is 11.3 Å². The quantitative estimate of drug-likeness (QED) is 0.792. The van der Waals surface area contributed by atoms with Crippen LogP contribution in [0.3, 0.4) is 0 Å². The highest BCUT2D eigenvalue weighted by Gasteiger charge is 2.10. The van der Waals surface area contributed by atoms with E-state index in [0.717, 1.165) is 29.9 Å². The molecule has 0 saturated carbocycles. The zero-order chi connectivity index (χ0) is 13.2. The maximum atomic E-state index is 5.69. The van der Waals surface area contributed by atoms with E-state index in [4.69, 9.17) is 10.7 Å². The largest absolute Gasteiger partial charge is 0.328 e. The van der Waals surface area contributed by atoms with Crippen LogP contribution in [0.15, 0.2) is 35.7 Å². The number of imidazole rings is 1. The molecule has 0 atom stereocenters. The molecule has 3 aromatic rings. The highest BCUT2D eigenvalue weighted by molar-refractivity contribution is 7.09. The van der Waals surface area contributed by atoms with Gasteiger partial charge in [0.05, 0.1) is 11.0 Å². The molecule has 3 nitrogen and oxygen atoms in total. The SMILES string of the molecule is CCn1c(Cc2cccs2)nc2cc(CN)ccc21. The zero-order valence-corrected chi connectivity index (χ0v) is 11.8. The molecule has 0 aliphatic carbocycles. The maximum absolute atomic E-state index is 5.69. The van der Waals surface area contributed by atoms with E-state index >= 15 is 0 Å². The minimum absolute atomic E-state index is 0.565. The van der Waals surface area contributed by atoms with Crippen LogP contribution in [0.1, 0.15) is 23.2 Å². The zero-order valence-electron chi connectivity index (χ0n) is 11.0. The third kappa shape index (κ3) is 2.29. The van der Waals surface area contributed by atoms with Crippen molar-refractivity contribution in [2.75, 3.05) is 0 Å². The van der Waals surface area contributed by atoms with E-state index in [9.17, 15) is 0 Å². The highest BCUT2D eigenvalue weighted by atomic mass is 32.1. The van der Waals surface area contributed by atoms with Crippen LogP contribution >= 0.6 is 11.3 Å². The average Bonchev–Trinajstić information content (AvgIpc) is 3.05. The van der Waals surface area contributed by atoms with Crippen LogP contribution in [0, 0.1) is 0 Å². The Morgan fingerprint density at radius 3 is 2.89 bits per heavy atom. The topological polar surface area (TPSA) is 43.8 Å². The van der Waals surface area contributed by atoms with Crippen molar-refractivity contribution in [1.29, 1.82) is 0 Å². The van der Waals surface area contributed by atoms with Gasteiger partial charge in [-0.1, -0.05) is 12.1 Å². The number of fused-ring (bicyclic) bond motifs is 1. The molecule has 1 aromatic carbocycles. The molecule has 2 aromatic heterocycles. The second-order valence-corrected chi connectivity index (χ2v) is 5.59. The van der Waals surface area contributed by atoms with Crippen LogP contribution in [0.4, 0.5) is 0 Å². The summed E-state index contributed by atoms with van der Waals surface area (Å²) in [7, 11) is 0. The van der Waals surface area contributed by atoms with E-state index in [0.29, 0.717) is 6.54 Å². The Morgan fingerprint density at radius 2 is 2.21 bits per heavy atom. The van der Waals surface area contributed by atoms with Crippen molar-refractivity contribution in [2.45, 2.75) is 26.4 Å². The number of hydrogen-bond donors (Lipinski definition) is 1. The Morgan fingerprint density at radius 1 is 1.32 bits per heavy atom. The number of thiophene rings is 1. The third-order valence-electron chi connectivity index (χ3n) is 3.36. The smallest absolute Gasteiger partial charge is 0.115 e. The minimum atomic E-state index is 0.565. The second kappa shape index (κ2) is 5.15. The molecular formula is C15H17N3S. The Hall–Kier alpha value is -1.65. The fourth-order valence-corrected chi connectivity index (χ4v) is 3.11. The van der Waals surface area contributed by atoms with Crippen molar-refractivity contribution in [2.24, 2.45) is 5.73 Å². The molecule has 0 saturated heterocycles. The van der Waals surface area contributed by atoms with Crippen molar-refractivity contribution in [3.8, 4) is 0 Å². The van der Waals surface area contributed by atoms with E-state index in [1.54, 1.807) is 11.3 Å². The lowest BCUT2D eigenvalue weighted by molar-refractivity contribution is 0.736. The normalized spacial score (nSPS) is 11.3. The first kappa shape index (κ1) is 12.4. The monoisotopic (exact) mass is 271 g/mol. The predicted molar refractivity (Wildman–Crippen MR) is 80.4 cm³/mol. The average molecular weight is 271 g/mol. The van der Waals surface area contributed by atoms with Crippen molar-refractivity contribution < 1.29 is 0 Å². The van der Waals surface area contributed by atoms with Crippen LogP contribution in [0.25, 0.3) is 11.0 Å². The molecule has 0 radical (unpaired) electrons. The van der Waals surface area contributed by atoms with Gasteiger partial charge in [-0.25, -0.2) is 4.98 Å². The van der Waals surface area contributed by atoms with E-state index in [2.05, 4.69) is 47.2 Å². The Kier molecular flexibility index (Phi) is 3.36. The van der Waals surface area contributed by atoms with Crippen LogP contribution in [0.2, 0.25) is 0 Å². The number of benzene rings is 1. The van der Waals surface area contributed by atoms with Gasteiger partial charge >= 0.3 is 0 Å². The van der Waals surface area contributed by atoms with Gasteiger partial charge < -0.3 is 10.3 Å². The molecule has 0 spiro atoms.